The van der Waals surface area contributed by atoms with Crippen LogP contribution in [0.5, 0.6) is 0 Å². The summed E-state index contributed by atoms with van der Waals surface area (Å²) in [6.07, 6.45) is 5.53. The lowest BCUT2D eigenvalue weighted by Crippen LogP contribution is -2.42. The first kappa shape index (κ1) is 18.7. The Balaban J connectivity index is 1.79. The number of aryl methyl sites for hydroxylation is 1. The highest BCUT2D eigenvalue weighted by Gasteiger charge is 2.28. The second-order valence-electron chi connectivity index (χ2n) is 6.90. The molecule has 0 bridgehead atoms. The summed E-state index contributed by atoms with van der Waals surface area (Å²) in [4.78, 5) is 24.5. The molecule has 8 heteroatoms. The number of aromatic amines is 1. The number of halogens is 1. The zero-order valence-corrected chi connectivity index (χ0v) is 15.5. The molecule has 0 saturated heterocycles. The van der Waals surface area contributed by atoms with E-state index >= 15 is 0 Å². The number of carbonyl (C=O) groups excluding carboxylic acids is 1. The lowest BCUT2D eigenvalue weighted by molar-refractivity contribution is 0.0246. The van der Waals surface area contributed by atoms with Gasteiger partial charge in [0, 0.05) is 6.54 Å². The molecule has 1 aliphatic rings. The highest BCUT2D eigenvalue weighted by atomic mass is 35.5. The summed E-state index contributed by atoms with van der Waals surface area (Å²) in [5.74, 6) is 0.111. The van der Waals surface area contributed by atoms with E-state index in [9.17, 15) is 14.7 Å². The number of aromatic nitrogens is 3. The quantitative estimate of drug-likeness (QED) is 0.711. The van der Waals surface area contributed by atoms with Gasteiger partial charge >= 0.3 is 5.69 Å². The molecule has 1 aliphatic carbocycles. The Morgan fingerprint density at radius 1 is 1.35 bits per heavy atom. The number of nitrogens with one attached hydrogen (secondary N) is 2. The number of aliphatic hydroxyl groups is 1. The van der Waals surface area contributed by atoms with E-state index < -0.39 is 5.60 Å². The average Bonchev–Trinajstić information content (AvgIpc) is 2.81. The number of amides is 1. The maximum Gasteiger partial charge on any atom is 0.347 e. The molecule has 1 aromatic heterocycles. The molecule has 1 heterocycles. The van der Waals surface area contributed by atoms with Crippen molar-refractivity contribution >= 4 is 17.5 Å². The van der Waals surface area contributed by atoms with Crippen LogP contribution in [0.3, 0.4) is 0 Å². The largest absolute Gasteiger partial charge is 0.388 e. The van der Waals surface area contributed by atoms with E-state index in [2.05, 4.69) is 15.5 Å². The second-order valence-corrected chi connectivity index (χ2v) is 7.30. The van der Waals surface area contributed by atoms with Crippen LogP contribution in [0.2, 0.25) is 5.02 Å². The normalized spacial score (nSPS) is 16.9. The topological polar surface area (TPSA) is 100 Å². The van der Waals surface area contributed by atoms with Crippen molar-refractivity contribution in [1.82, 2.24) is 20.1 Å². The van der Waals surface area contributed by atoms with Gasteiger partial charge in [-0.2, -0.15) is 5.10 Å². The summed E-state index contributed by atoms with van der Waals surface area (Å²) >= 11 is 6.18. The highest BCUT2D eigenvalue weighted by Crippen LogP contribution is 2.27. The molecule has 0 unspecified atom stereocenters. The van der Waals surface area contributed by atoms with Gasteiger partial charge in [-0.15, -0.1) is 0 Å². The van der Waals surface area contributed by atoms with E-state index in [1.54, 1.807) is 25.1 Å². The molecule has 0 radical (unpaired) electrons. The van der Waals surface area contributed by atoms with Crippen molar-refractivity contribution < 1.29 is 9.90 Å². The predicted octanol–water partition coefficient (Wildman–Crippen LogP) is 2.34. The first-order valence-electron chi connectivity index (χ1n) is 8.84. The van der Waals surface area contributed by atoms with Gasteiger partial charge in [0.05, 0.1) is 21.9 Å². The number of benzene rings is 1. The minimum absolute atomic E-state index is 0.192. The van der Waals surface area contributed by atoms with Gasteiger partial charge in [-0.05, 0) is 38.0 Å². The number of hydrogen-bond donors (Lipinski definition) is 3. The molecule has 1 saturated carbocycles. The van der Waals surface area contributed by atoms with Crippen molar-refractivity contribution in [2.24, 2.45) is 0 Å². The van der Waals surface area contributed by atoms with Crippen molar-refractivity contribution in [2.45, 2.75) is 51.0 Å². The van der Waals surface area contributed by atoms with Crippen LogP contribution in [0, 0.1) is 6.92 Å². The Morgan fingerprint density at radius 3 is 2.65 bits per heavy atom. The fourth-order valence-electron chi connectivity index (χ4n) is 3.41. The van der Waals surface area contributed by atoms with E-state index in [0.29, 0.717) is 24.4 Å². The lowest BCUT2D eigenvalue weighted by atomic mass is 9.94. The third kappa shape index (κ3) is 3.99. The maximum absolute atomic E-state index is 12.6. The number of hydrogen-bond acceptors (Lipinski definition) is 4. The van der Waals surface area contributed by atoms with Crippen LogP contribution in [-0.2, 0) is 0 Å². The molecule has 0 spiro atoms. The van der Waals surface area contributed by atoms with E-state index in [0.717, 1.165) is 25.7 Å². The van der Waals surface area contributed by atoms with Gasteiger partial charge in [0.1, 0.15) is 5.82 Å². The fourth-order valence-corrected chi connectivity index (χ4v) is 3.61. The summed E-state index contributed by atoms with van der Waals surface area (Å²) in [5, 5.41) is 20.0. The molecule has 140 valence electrons. The molecule has 2 aromatic rings. The van der Waals surface area contributed by atoms with Gasteiger partial charge < -0.3 is 10.4 Å². The third-order valence-corrected chi connectivity index (χ3v) is 5.23. The summed E-state index contributed by atoms with van der Waals surface area (Å²) in [5.41, 5.74) is -0.490. The number of carbonyl (C=O) groups is 1. The van der Waals surface area contributed by atoms with Gasteiger partial charge in [0.25, 0.3) is 5.91 Å². The van der Waals surface area contributed by atoms with Crippen LogP contribution in [-0.4, -0.2) is 37.9 Å². The van der Waals surface area contributed by atoms with E-state index in [-0.39, 0.29) is 28.7 Å². The van der Waals surface area contributed by atoms with Gasteiger partial charge in [-0.1, -0.05) is 37.3 Å². The molecule has 1 aromatic carbocycles. The summed E-state index contributed by atoms with van der Waals surface area (Å²) in [6.45, 7) is 1.88. The monoisotopic (exact) mass is 378 g/mol. The smallest absolute Gasteiger partial charge is 0.347 e. The van der Waals surface area contributed by atoms with Crippen molar-refractivity contribution in [2.75, 3.05) is 6.54 Å². The van der Waals surface area contributed by atoms with E-state index in [4.69, 9.17) is 11.6 Å². The third-order valence-electron chi connectivity index (χ3n) is 4.91. The average molecular weight is 379 g/mol. The zero-order valence-electron chi connectivity index (χ0n) is 14.7. The van der Waals surface area contributed by atoms with E-state index in [1.807, 2.05) is 0 Å². The molecular weight excluding hydrogens is 356 g/mol. The molecule has 0 aliphatic heterocycles. The molecule has 1 amide bonds. The number of H-pyrrole nitrogens is 1. The molecule has 26 heavy (non-hydrogen) atoms. The lowest BCUT2D eigenvalue weighted by Gasteiger charge is -2.26. The van der Waals surface area contributed by atoms with Crippen LogP contribution >= 0.6 is 11.6 Å². The molecule has 3 rings (SSSR count). The zero-order chi connectivity index (χ0) is 18.7. The SMILES string of the molecule is Cc1n[nH]c(=O)n1-c1ccc(Cl)c(C(=O)NCC2(O)CCCCCC2)c1. The van der Waals surface area contributed by atoms with Crippen LogP contribution in [0.15, 0.2) is 23.0 Å². The van der Waals surface area contributed by atoms with Crippen LogP contribution in [0.25, 0.3) is 5.69 Å². The Hall–Kier alpha value is -2.12. The van der Waals surface area contributed by atoms with Crippen molar-refractivity contribution in [1.29, 1.82) is 0 Å². The predicted molar refractivity (Wildman–Crippen MR) is 98.9 cm³/mol. The summed E-state index contributed by atoms with van der Waals surface area (Å²) in [6, 6.07) is 4.78. The fraction of sp³-hybridized carbons (Fsp3) is 0.500. The number of rotatable bonds is 4. The molecule has 7 nitrogen and oxygen atoms in total. The molecule has 0 atom stereocenters. The first-order valence-corrected chi connectivity index (χ1v) is 9.22. The van der Waals surface area contributed by atoms with Gasteiger partial charge in [0.2, 0.25) is 0 Å². The maximum atomic E-state index is 12.6. The summed E-state index contributed by atoms with van der Waals surface area (Å²) in [7, 11) is 0. The van der Waals surface area contributed by atoms with E-state index in [1.165, 1.54) is 4.57 Å². The first-order chi connectivity index (χ1) is 12.4. The van der Waals surface area contributed by atoms with Crippen molar-refractivity contribution in [3.05, 3.63) is 45.1 Å². The van der Waals surface area contributed by atoms with Gasteiger partial charge in [-0.3, -0.25) is 4.79 Å². The standard InChI is InChI=1S/C18H23ClN4O3/c1-12-21-22-17(25)23(12)13-6-7-15(19)14(10-13)16(24)20-11-18(26)8-4-2-3-5-9-18/h6-7,10,26H,2-5,8-9,11H2,1H3,(H,20,24)(H,22,25). The van der Waals surface area contributed by atoms with Crippen LogP contribution in [0.1, 0.15) is 54.7 Å². The van der Waals surface area contributed by atoms with Crippen LogP contribution in [0.4, 0.5) is 0 Å². The molecule has 1 fully saturated rings. The van der Waals surface area contributed by atoms with Crippen molar-refractivity contribution in [3.63, 3.8) is 0 Å². The van der Waals surface area contributed by atoms with Gasteiger partial charge in [0.15, 0.2) is 0 Å². The Bertz CT molecular complexity index is 850. The Labute approximate surface area is 156 Å². The minimum Gasteiger partial charge on any atom is -0.388 e. The second kappa shape index (κ2) is 7.63. The minimum atomic E-state index is -0.867. The van der Waals surface area contributed by atoms with Crippen LogP contribution < -0.4 is 11.0 Å². The van der Waals surface area contributed by atoms with Crippen molar-refractivity contribution in [3.8, 4) is 5.69 Å². The molecular formula is C18H23ClN4O3. The Kier molecular flexibility index (Phi) is 5.48. The summed E-state index contributed by atoms with van der Waals surface area (Å²) < 4.78 is 1.37. The Morgan fingerprint density at radius 2 is 2.04 bits per heavy atom. The molecule has 3 N–H and O–H groups in total. The number of nitrogens with zero attached hydrogens (tertiary/aromatic N) is 2. The van der Waals surface area contributed by atoms with Gasteiger partial charge in [-0.25, -0.2) is 14.5 Å². The highest BCUT2D eigenvalue weighted by molar-refractivity contribution is 6.33.